The van der Waals surface area contributed by atoms with E-state index in [1.54, 1.807) is 48.5 Å². The molecule has 1 fully saturated rings. The first kappa shape index (κ1) is 33.2. The number of hydrogen-bond donors (Lipinski definition) is 1. The lowest BCUT2D eigenvalue weighted by molar-refractivity contribution is 0.0663. The molecule has 10 nitrogen and oxygen atoms in total. The normalized spacial score (nSPS) is 13.2. The molecule has 1 saturated heterocycles. The number of rotatable bonds is 10. The highest BCUT2D eigenvalue weighted by Gasteiger charge is 2.21. The first-order chi connectivity index (χ1) is 23.8. The van der Waals surface area contributed by atoms with Crippen LogP contribution in [-0.2, 0) is 13.0 Å². The van der Waals surface area contributed by atoms with Crippen LogP contribution in [0.15, 0.2) is 109 Å². The number of hydrogen-bond acceptors (Lipinski definition) is 6. The van der Waals surface area contributed by atoms with Crippen LogP contribution in [0.3, 0.4) is 0 Å². The van der Waals surface area contributed by atoms with Gasteiger partial charge in [-0.1, -0.05) is 43.3 Å². The number of aromatic nitrogens is 2. The van der Waals surface area contributed by atoms with Crippen molar-refractivity contribution in [2.75, 3.05) is 50.5 Å². The van der Waals surface area contributed by atoms with Gasteiger partial charge < -0.3 is 29.3 Å². The smallest absolute Gasteiger partial charge is 0.258 e. The van der Waals surface area contributed by atoms with Crippen molar-refractivity contribution >= 4 is 29.1 Å². The summed E-state index contributed by atoms with van der Waals surface area (Å²) in [6.45, 7) is 5.51. The van der Waals surface area contributed by atoms with E-state index in [0.717, 1.165) is 49.7 Å². The van der Waals surface area contributed by atoms with Crippen molar-refractivity contribution in [1.29, 1.82) is 0 Å². The lowest BCUT2D eigenvalue weighted by Gasteiger charge is -2.32. The van der Waals surface area contributed by atoms with Crippen molar-refractivity contribution in [3.63, 3.8) is 0 Å². The third kappa shape index (κ3) is 7.55. The molecule has 0 radical (unpaired) electrons. The van der Waals surface area contributed by atoms with E-state index >= 15 is 0 Å². The monoisotopic (exact) mass is 656 g/mol. The Labute approximate surface area is 286 Å². The van der Waals surface area contributed by atoms with Gasteiger partial charge in [-0.3, -0.25) is 14.4 Å². The molecule has 0 bridgehead atoms. The van der Waals surface area contributed by atoms with Gasteiger partial charge in [-0.05, 0) is 73.3 Å². The summed E-state index contributed by atoms with van der Waals surface area (Å²) >= 11 is 0. The molecule has 1 aromatic heterocycles. The zero-order chi connectivity index (χ0) is 34.3. The third-order valence-corrected chi connectivity index (χ3v) is 8.75. The second-order valence-electron chi connectivity index (χ2n) is 12.0. The van der Waals surface area contributed by atoms with Crippen molar-refractivity contribution in [3.8, 4) is 11.4 Å². The minimum absolute atomic E-state index is 0.0444. The zero-order valence-electron chi connectivity index (χ0n) is 28.0. The fourth-order valence-electron chi connectivity index (χ4n) is 5.84. The molecule has 1 N–H and O–H groups in total. The Balaban J connectivity index is 1.08. The molecule has 0 atom stereocenters. The van der Waals surface area contributed by atoms with Crippen molar-refractivity contribution in [2.45, 2.75) is 20.0 Å². The van der Waals surface area contributed by atoms with Crippen LogP contribution in [0.1, 0.15) is 49.4 Å². The van der Waals surface area contributed by atoms with Crippen LogP contribution in [0.25, 0.3) is 5.69 Å². The average Bonchev–Trinajstić information content (AvgIpc) is 3.63. The molecule has 4 aromatic carbocycles. The SMILES string of the molecule is CCc1nccn1-c1ccccc1C(=O)Nc1ccc(C(=O)N(C)c2ccccc2OCc2ccc(C(=O)N3CCN(C)CC3)cc2)cc1. The van der Waals surface area contributed by atoms with Gasteiger partial charge in [0.2, 0.25) is 0 Å². The Morgan fingerprint density at radius 1 is 0.837 bits per heavy atom. The number of nitrogens with zero attached hydrogens (tertiary/aromatic N) is 5. The molecular weight excluding hydrogens is 616 g/mol. The predicted octanol–water partition coefficient (Wildman–Crippen LogP) is 5.93. The third-order valence-electron chi connectivity index (χ3n) is 8.75. The maximum absolute atomic E-state index is 13.5. The molecule has 1 aliphatic rings. The van der Waals surface area contributed by atoms with Gasteiger partial charge in [0, 0.05) is 68.9 Å². The number of nitrogens with one attached hydrogen (secondary N) is 1. The van der Waals surface area contributed by atoms with E-state index in [1.807, 2.05) is 89.3 Å². The fourth-order valence-corrected chi connectivity index (χ4v) is 5.84. The molecule has 5 aromatic rings. The number of carbonyl (C=O) groups excluding carboxylic acids is 3. The molecular formula is C39H40N6O4. The van der Waals surface area contributed by atoms with Crippen LogP contribution < -0.4 is 15.0 Å². The Morgan fingerprint density at radius 2 is 1.51 bits per heavy atom. The van der Waals surface area contributed by atoms with Crippen molar-refractivity contribution in [2.24, 2.45) is 0 Å². The number of anilines is 2. The van der Waals surface area contributed by atoms with E-state index in [-0.39, 0.29) is 24.3 Å². The first-order valence-corrected chi connectivity index (χ1v) is 16.4. The highest BCUT2D eigenvalue weighted by molar-refractivity contribution is 6.08. The molecule has 49 heavy (non-hydrogen) atoms. The Bertz CT molecular complexity index is 1930. The van der Waals surface area contributed by atoms with Gasteiger partial charge in [-0.15, -0.1) is 0 Å². The number of carbonyl (C=O) groups is 3. The van der Waals surface area contributed by atoms with Gasteiger partial charge in [0.05, 0.1) is 16.9 Å². The number of benzene rings is 4. The summed E-state index contributed by atoms with van der Waals surface area (Å²) in [4.78, 5) is 49.8. The summed E-state index contributed by atoms with van der Waals surface area (Å²) < 4.78 is 8.09. The van der Waals surface area contributed by atoms with Gasteiger partial charge in [0.1, 0.15) is 18.2 Å². The fraction of sp³-hybridized carbons (Fsp3) is 0.231. The summed E-state index contributed by atoms with van der Waals surface area (Å²) in [5, 5.41) is 2.95. The molecule has 6 rings (SSSR count). The molecule has 0 unspecified atom stereocenters. The van der Waals surface area contributed by atoms with E-state index in [1.165, 1.54) is 0 Å². The summed E-state index contributed by atoms with van der Waals surface area (Å²) in [5.41, 5.74) is 4.49. The molecule has 0 aliphatic carbocycles. The number of amides is 3. The van der Waals surface area contributed by atoms with Gasteiger partial charge in [0.15, 0.2) is 0 Å². The largest absolute Gasteiger partial charge is 0.487 e. The quantitative estimate of drug-likeness (QED) is 0.200. The van der Waals surface area contributed by atoms with Gasteiger partial charge in [0.25, 0.3) is 17.7 Å². The minimum Gasteiger partial charge on any atom is -0.487 e. The minimum atomic E-state index is -0.259. The number of para-hydroxylation sites is 3. The summed E-state index contributed by atoms with van der Waals surface area (Å²) in [7, 11) is 3.77. The van der Waals surface area contributed by atoms with E-state index in [2.05, 4.69) is 22.2 Å². The maximum atomic E-state index is 13.5. The van der Waals surface area contributed by atoms with Gasteiger partial charge in [-0.25, -0.2) is 4.98 Å². The first-order valence-electron chi connectivity index (χ1n) is 16.4. The van der Waals surface area contributed by atoms with Crippen LogP contribution in [0.5, 0.6) is 5.75 Å². The number of imidazole rings is 1. The van der Waals surface area contributed by atoms with Gasteiger partial charge in [-0.2, -0.15) is 0 Å². The molecule has 3 amide bonds. The van der Waals surface area contributed by atoms with E-state index in [9.17, 15) is 14.4 Å². The molecule has 2 heterocycles. The van der Waals surface area contributed by atoms with Crippen LogP contribution in [0.4, 0.5) is 11.4 Å². The van der Waals surface area contributed by atoms with Gasteiger partial charge >= 0.3 is 0 Å². The highest BCUT2D eigenvalue weighted by atomic mass is 16.5. The van der Waals surface area contributed by atoms with Crippen molar-refractivity contribution in [3.05, 3.63) is 138 Å². The molecule has 0 saturated carbocycles. The molecule has 10 heteroatoms. The average molecular weight is 657 g/mol. The maximum Gasteiger partial charge on any atom is 0.258 e. The zero-order valence-corrected chi connectivity index (χ0v) is 28.0. The number of ether oxygens (including phenoxy) is 1. The Hall–Kier alpha value is -5.74. The number of piperazine rings is 1. The second-order valence-corrected chi connectivity index (χ2v) is 12.0. The van der Waals surface area contributed by atoms with Crippen LogP contribution in [0.2, 0.25) is 0 Å². The number of likely N-dealkylation sites (N-methyl/N-ethyl adjacent to an activating group) is 1. The summed E-state index contributed by atoms with van der Waals surface area (Å²) in [6, 6.07) is 29.1. The van der Waals surface area contributed by atoms with E-state index in [4.69, 9.17) is 4.74 Å². The molecule has 1 aliphatic heterocycles. The number of aryl methyl sites for hydroxylation is 1. The Kier molecular flexibility index (Phi) is 10.2. The summed E-state index contributed by atoms with van der Waals surface area (Å²) in [5.74, 6) is 0.983. The predicted molar refractivity (Wildman–Crippen MR) is 191 cm³/mol. The molecule has 0 spiro atoms. The van der Waals surface area contributed by atoms with Crippen LogP contribution in [-0.4, -0.2) is 77.3 Å². The lowest BCUT2D eigenvalue weighted by Crippen LogP contribution is -2.47. The molecule has 250 valence electrons. The van der Waals surface area contributed by atoms with Crippen molar-refractivity contribution in [1.82, 2.24) is 19.4 Å². The van der Waals surface area contributed by atoms with Crippen molar-refractivity contribution < 1.29 is 19.1 Å². The van der Waals surface area contributed by atoms with Crippen LogP contribution >= 0.6 is 0 Å². The lowest BCUT2D eigenvalue weighted by atomic mass is 10.1. The Morgan fingerprint density at radius 3 is 2.24 bits per heavy atom. The van der Waals surface area contributed by atoms with Crippen LogP contribution in [0, 0.1) is 0 Å². The summed E-state index contributed by atoms with van der Waals surface area (Å²) in [6.07, 6.45) is 4.31. The van der Waals surface area contributed by atoms with E-state index < -0.39 is 0 Å². The highest BCUT2D eigenvalue weighted by Crippen LogP contribution is 2.29. The second kappa shape index (κ2) is 15.0. The standard InChI is InChI=1S/C39H40N6O4/c1-4-36-40-21-22-45(36)33-10-6-5-9-32(33)37(46)41-31-19-17-29(18-20-31)38(47)43(3)34-11-7-8-12-35(34)49-27-28-13-15-30(16-14-28)39(48)44-25-23-42(2)24-26-44/h5-22H,4,23-27H2,1-3H3,(H,41,46). The van der Waals surface area contributed by atoms with E-state index in [0.29, 0.717) is 33.8 Å². The topological polar surface area (TPSA) is 100 Å².